The molecule has 0 aliphatic heterocycles. The highest BCUT2D eigenvalue weighted by Crippen LogP contribution is 2.49. The van der Waals surface area contributed by atoms with Crippen molar-refractivity contribution in [3.8, 4) is 62.6 Å². The standard InChI is InChI=1S/C30H22S2.C28H18O2S2.C26H16N2O2S2.C26H16N2S4/c1-17-3-5-21(9-17)27-13-23-11-19-7-8-20-12-24-14-28(22-6-4-18(2)10-22)32-30(24)16-26(20)25(19)15-29(23)31-27;1-15-3-7-23(29-15)27-11-19-9-17-5-6-18-10-20-12-28(24-8-4-16(2)30-24)32-26(20)14-22(18)21(17)13-25(19)31-27;2*1-13-11-27-25(29-13)23-7-17-5-15-3-4-16-6-18-8-24(26-28-12-14(2)30-26)32-22(18)10-20(16)19(15)9-21(17)31-23/h3-8,11-16H,9-10H2,1-2H3;3-14H,1-2H3;2*3-12H,1-2H3. The van der Waals surface area contributed by atoms with Gasteiger partial charge in [0, 0.05) is 69.5 Å². The van der Waals surface area contributed by atoms with Crippen molar-refractivity contribution in [1.29, 1.82) is 0 Å². The fourth-order valence-corrected chi connectivity index (χ4v) is 28.3. The second-order valence-electron chi connectivity index (χ2n) is 33.7. The predicted octanol–water partition coefficient (Wildman–Crippen LogP) is 37.1. The summed E-state index contributed by atoms with van der Waals surface area (Å²) >= 11 is 18.1. The summed E-state index contributed by atoms with van der Waals surface area (Å²) in [5.41, 5.74) is 5.81. The molecule has 2 aliphatic carbocycles. The molecule has 26 aromatic rings. The van der Waals surface area contributed by atoms with Gasteiger partial charge in [-0.1, -0.05) is 84.0 Å². The predicted molar refractivity (Wildman–Crippen MR) is 559 cm³/mol. The van der Waals surface area contributed by atoms with Crippen molar-refractivity contribution < 1.29 is 17.7 Å². The summed E-state index contributed by atoms with van der Waals surface area (Å²) in [5, 5.41) is 33.2. The molecule has 0 unspecified atom stereocenters. The molecule has 28 rings (SSSR count). The van der Waals surface area contributed by atoms with Gasteiger partial charge in [0.05, 0.1) is 41.7 Å². The van der Waals surface area contributed by atoms with E-state index in [4.69, 9.17) is 17.7 Å². The van der Waals surface area contributed by atoms with E-state index in [0.29, 0.717) is 11.8 Å². The van der Waals surface area contributed by atoms with Crippen LogP contribution in [0.15, 0.2) is 296 Å². The summed E-state index contributed by atoms with van der Waals surface area (Å²) in [7, 11) is 0. The Morgan fingerprint density at radius 3 is 0.711 bits per heavy atom. The summed E-state index contributed by atoms with van der Waals surface area (Å²) < 4.78 is 33.6. The van der Waals surface area contributed by atoms with E-state index in [1.54, 1.807) is 80.4 Å². The molecule has 12 aromatic carbocycles. The Hall–Kier alpha value is -12.4. The summed E-state index contributed by atoms with van der Waals surface area (Å²) in [6.45, 7) is 16.5. The Morgan fingerprint density at radius 2 is 0.469 bits per heavy atom. The fraction of sp³-hybridized carbons (Fsp3) is 0.0909. The number of oxazole rings is 2. The zero-order valence-electron chi connectivity index (χ0n) is 70.3. The van der Waals surface area contributed by atoms with Crippen LogP contribution in [-0.2, 0) is 0 Å². The van der Waals surface area contributed by atoms with Crippen LogP contribution >= 0.6 is 113 Å². The van der Waals surface area contributed by atoms with Crippen LogP contribution in [-0.4, -0.2) is 19.9 Å². The zero-order valence-corrected chi connectivity index (χ0v) is 78.5. The lowest BCUT2D eigenvalue weighted by molar-refractivity contribution is 0.543. The smallest absolute Gasteiger partial charge is 0.236 e. The number of aromatic nitrogens is 4. The number of furan rings is 2. The maximum absolute atomic E-state index is 5.86. The maximum atomic E-state index is 5.86. The van der Waals surface area contributed by atoms with E-state index in [-0.39, 0.29) is 0 Å². The molecule has 0 spiro atoms. The molecule has 0 N–H and O–H groups in total. The third-order valence-electron chi connectivity index (χ3n) is 24.4. The number of fused-ring (bicyclic) bond motifs is 20. The minimum Gasteiger partial charge on any atom is -0.461 e. The molecule has 2 aliphatic rings. The number of thiophene rings is 8. The van der Waals surface area contributed by atoms with Gasteiger partial charge < -0.3 is 17.7 Å². The number of nitrogens with zero attached hydrogens (tertiary/aromatic N) is 4. The van der Waals surface area contributed by atoms with Crippen molar-refractivity contribution in [3.05, 3.63) is 321 Å². The molecular weight excluding hydrogens is 1760 g/mol. The van der Waals surface area contributed by atoms with Crippen molar-refractivity contribution in [2.45, 2.75) is 68.2 Å². The van der Waals surface area contributed by atoms with Gasteiger partial charge in [-0.3, -0.25) is 0 Å². The second-order valence-corrected chi connectivity index (χ2v) is 44.9. The van der Waals surface area contributed by atoms with Gasteiger partial charge in [0.15, 0.2) is 0 Å². The van der Waals surface area contributed by atoms with E-state index < -0.39 is 0 Å². The lowest BCUT2D eigenvalue weighted by Crippen LogP contribution is -1.78. The van der Waals surface area contributed by atoms with Crippen LogP contribution in [0.2, 0.25) is 0 Å². The summed E-state index contributed by atoms with van der Waals surface area (Å²) in [4.78, 5) is 30.2. The van der Waals surface area contributed by atoms with E-state index in [1.807, 2.05) is 97.6 Å². The van der Waals surface area contributed by atoms with Crippen LogP contribution in [0.5, 0.6) is 0 Å². The molecule has 8 nitrogen and oxygen atoms in total. The molecule has 0 saturated heterocycles. The van der Waals surface area contributed by atoms with Crippen LogP contribution in [0.3, 0.4) is 0 Å². The second kappa shape index (κ2) is 30.7. The largest absolute Gasteiger partial charge is 0.461 e. The Bertz CT molecular complexity index is 8130. The molecule has 18 heteroatoms. The Kier molecular flexibility index (Phi) is 18.7. The van der Waals surface area contributed by atoms with Crippen LogP contribution in [0.4, 0.5) is 0 Å². The van der Waals surface area contributed by atoms with Crippen molar-refractivity contribution in [3.63, 3.8) is 0 Å². The van der Waals surface area contributed by atoms with E-state index in [9.17, 15) is 0 Å². The SMILES string of the molecule is CC1=CC=C(c2cc3cc4ccc5cc6cc(C7=CC=C(C)C7)sc6cc5c4cc3s2)C1.Cc1ccc(-c2cc3cc4ccc5cc6cc(-c7ccc(C)o7)sc6cc5c4cc3s2)o1.Cc1cnc(-c2cc3cc4ccc5cc6cc(-c7ncc(C)o7)sc6cc5c4cc3s2)o1.Cc1cnc(-c2cc3cc4ccc5cc6cc(-c7ncc(C)s7)sc6cc5c4cc3s2)s1. The molecule has 0 amide bonds. The summed E-state index contributed by atoms with van der Waals surface area (Å²) in [6.07, 6.45) is 18.7. The molecule has 0 saturated carbocycles. The van der Waals surface area contributed by atoms with Gasteiger partial charge in [-0.05, 0) is 379 Å². The van der Waals surface area contributed by atoms with Crippen LogP contribution in [0.1, 0.15) is 69.2 Å². The quantitative estimate of drug-likeness (QED) is 0.139. The van der Waals surface area contributed by atoms with Gasteiger partial charge in [-0.2, -0.15) is 0 Å². The molecule has 0 atom stereocenters. The monoisotopic (exact) mass is 1830 g/mol. The van der Waals surface area contributed by atoms with E-state index >= 15 is 0 Å². The number of hydrogen-bond acceptors (Lipinski definition) is 18. The molecular formula is C110H72N4O4S10. The highest BCUT2D eigenvalue weighted by molar-refractivity contribution is 7.27. The van der Waals surface area contributed by atoms with Gasteiger partial charge >= 0.3 is 0 Å². The molecule has 14 aromatic heterocycles. The maximum Gasteiger partial charge on any atom is 0.236 e. The van der Waals surface area contributed by atoms with E-state index in [2.05, 4.69) is 278 Å². The highest BCUT2D eigenvalue weighted by atomic mass is 32.1. The topological polar surface area (TPSA) is 104 Å². The number of aryl methyl sites for hydroxylation is 6. The first-order valence-electron chi connectivity index (χ1n) is 42.4. The number of hydrogen-bond donors (Lipinski definition) is 0. The summed E-state index contributed by atoms with van der Waals surface area (Å²) in [6, 6.07) is 81.7. The zero-order chi connectivity index (χ0) is 85.6. The van der Waals surface area contributed by atoms with Crippen LogP contribution in [0, 0.1) is 41.5 Å². The summed E-state index contributed by atoms with van der Waals surface area (Å²) in [5.74, 6) is 6.80. The molecule has 0 bridgehead atoms. The van der Waals surface area contributed by atoms with Crippen LogP contribution in [0.25, 0.3) is 241 Å². The fourth-order valence-electron chi connectivity index (χ4n) is 18.2. The minimum absolute atomic E-state index is 0.687. The van der Waals surface area contributed by atoms with Crippen molar-refractivity contribution >= 4 is 291 Å². The third-order valence-corrected chi connectivity index (χ3v) is 35.5. The van der Waals surface area contributed by atoms with Gasteiger partial charge in [-0.15, -0.1) is 113 Å². The van der Waals surface area contributed by atoms with Gasteiger partial charge in [0.2, 0.25) is 11.8 Å². The molecule has 14 heterocycles. The number of rotatable bonds is 8. The van der Waals surface area contributed by atoms with E-state index in [1.165, 1.54) is 228 Å². The van der Waals surface area contributed by atoms with Crippen LogP contribution < -0.4 is 0 Å². The minimum atomic E-state index is 0.687. The van der Waals surface area contributed by atoms with Crippen molar-refractivity contribution in [2.24, 2.45) is 0 Å². The van der Waals surface area contributed by atoms with Gasteiger partial charge in [0.1, 0.15) is 44.6 Å². The molecule has 128 heavy (non-hydrogen) atoms. The molecule has 616 valence electrons. The number of allylic oxidation sites excluding steroid dienone is 8. The first-order valence-corrected chi connectivity index (χ1v) is 50.5. The first kappa shape index (κ1) is 77.9. The number of benzene rings is 12. The average molecular weight is 1830 g/mol. The van der Waals surface area contributed by atoms with Crippen molar-refractivity contribution in [1.82, 2.24) is 19.9 Å². The Labute approximate surface area is 773 Å². The molecule has 0 radical (unpaired) electrons. The third kappa shape index (κ3) is 14.1. The normalized spacial score (nSPS) is 13.1. The molecule has 0 fully saturated rings. The number of thiazole rings is 2. The average Bonchev–Trinajstić information content (AvgIpc) is 1.57. The van der Waals surface area contributed by atoms with Gasteiger partial charge in [0.25, 0.3) is 0 Å². The van der Waals surface area contributed by atoms with Gasteiger partial charge in [-0.25, -0.2) is 19.9 Å². The first-order chi connectivity index (χ1) is 62.4. The lowest BCUT2D eigenvalue weighted by atomic mass is 9.99. The Morgan fingerprint density at radius 1 is 0.211 bits per heavy atom. The van der Waals surface area contributed by atoms with E-state index in [0.717, 1.165) is 67.2 Å². The highest BCUT2D eigenvalue weighted by Gasteiger charge is 2.22. The lowest BCUT2D eigenvalue weighted by Gasteiger charge is -2.05. The Balaban J connectivity index is 0.0000000926. The van der Waals surface area contributed by atoms with Crippen molar-refractivity contribution in [2.75, 3.05) is 0 Å².